The van der Waals surface area contributed by atoms with Crippen LogP contribution in [0.5, 0.6) is 0 Å². The second-order valence-electron chi connectivity index (χ2n) is 3.75. The molecule has 1 N–H and O–H groups in total. The molecule has 0 aromatic carbocycles. The van der Waals surface area contributed by atoms with Crippen LogP contribution >= 0.6 is 0 Å². The molecule has 1 atom stereocenters. The van der Waals surface area contributed by atoms with Gasteiger partial charge in [0.2, 0.25) is 5.79 Å². The van der Waals surface area contributed by atoms with Crippen molar-refractivity contribution in [1.29, 1.82) is 0 Å². The van der Waals surface area contributed by atoms with E-state index in [-0.39, 0.29) is 25.2 Å². The van der Waals surface area contributed by atoms with E-state index in [2.05, 4.69) is 9.47 Å². The van der Waals surface area contributed by atoms with Gasteiger partial charge in [-0.3, -0.25) is 9.59 Å². The van der Waals surface area contributed by atoms with Crippen LogP contribution in [0.1, 0.15) is 20.3 Å². The van der Waals surface area contributed by atoms with Crippen molar-refractivity contribution in [3.05, 3.63) is 11.6 Å². The molecule has 1 rings (SSSR count). The molecule has 0 fully saturated rings. The van der Waals surface area contributed by atoms with E-state index in [9.17, 15) is 19.5 Å². The highest BCUT2D eigenvalue weighted by Crippen LogP contribution is 2.29. The third-order valence-corrected chi connectivity index (χ3v) is 2.24. The number of rotatable bonds is 5. The molecule has 0 aromatic heterocycles. The number of hydrogen-bond acceptors (Lipinski definition) is 7. The summed E-state index contributed by atoms with van der Waals surface area (Å²) >= 11 is 0. The van der Waals surface area contributed by atoms with Crippen LogP contribution in [-0.2, 0) is 28.6 Å². The van der Waals surface area contributed by atoms with Crippen LogP contribution in [0.15, 0.2) is 11.6 Å². The molecule has 0 saturated heterocycles. The molecule has 1 heterocycles. The summed E-state index contributed by atoms with van der Waals surface area (Å²) in [5.41, 5.74) is 0.120. The Morgan fingerprint density at radius 1 is 1.33 bits per heavy atom. The maximum absolute atomic E-state index is 11.1. The maximum atomic E-state index is 11.1. The van der Waals surface area contributed by atoms with E-state index in [0.717, 1.165) is 6.08 Å². The quantitative estimate of drug-likeness (QED) is 0.532. The Bertz CT molecular complexity index is 398. The first-order valence-corrected chi connectivity index (χ1v) is 5.26. The smallest absolute Gasteiger partial charge is 0.333 e. The van der Waals surface area contributed by atoms with Crippen molar-refractivity contribution in [3.63, 3.8) is 0 Å². The van der Waals surface area contributed by atoms with Crippen molar-refractivity contribution in [2.24, 2.45) is 0 Å². The molecule has 7 heteroatoms. The summed E-state index contributed by atoms with van der Waals surface area (Å²) in [4.78, 5) is 32.4. The van der Waals surface area contributed by atoms with E-state index < -0.39 is 23.7 Å². The van der Waals surface area contributed by atoms with E-state index in [1.807, 2.05) is 0 Å². The van der Waals surface area contributed by atoms with Crippen molar-refractivity contribution < 1.29 is 33.7 Å². The lowest BCUT2D eigenvalue weighted by atomic mass is 10.1. The third kappa shape index (κ3) is 3.85. The standard InChI is InChI=1S/C11H14O7/c1-7(12)16-4-3-11(15)9(5-10(14)18-11)6-17-8(2)13/h5,15H,3-4,6H2,1-2H3. The summed E-state index contributed by atoms with van der Waals surface area (Å²) in [5.74, 6) is -3.67. The van der Waals surface area contributed by atoms with Crippen LogP contribution in [-0.4, -0.2) is 42.0 Å². The minimum Gasteiger partial charge on any atom is -0.466 e. The van der Waals surface area contributed by atoms with Gasteiger partial charge < -0.3 is 19.3 Å². The number of hydrogen-bond donors (Lipinski definition) is 1. The molecule has 0 radical (unpaired) electrons. The fourth-order valence-electron chi connectivity index (χ4n) is 1.39. The second-order valence-corrected chi connectivity index (χ2v) is 3.75. The van der Waals surface area contributed by atoms with E-state index in [4.69, 9.17) is 4.74 Å². The highest BCUT2D eigenvalue weighted by atomic mass is 16.7. The Morgan fingerprint density at radius 3 is 2.50 bits per heavy atom. The molecule has 18 heavy (non-hydrogen) atoms. The number of ether oxygens (including phenoxy) is 3. The van der Waals surface area contributed by atoms with Crippen LogP contribution in [0.4, 0.5) is 0 Å². The Labute approximate surface area is 103 Å². The Kier molecular flexibility index (Phi) is 4.43. The summed E-state index contributed by atoms with van der Waals surface area (Å²) < 4.78 is 14.1. The molecular formula is C11H14O7. The van der Waals surface area contributed by atoms with Crippen LogP contribution < -0.4 is 0 Å². The lowest BCUT2D eigenvalue weighted by Crippen LogP contribution is -2.35. The van der Waals surface area contributed by atoms with Crippen molar-refractivity contribution in [2.45, 2.75) is 26.1 Å². The number of carbonyl (C=O) groups is 3. The zero-order chi connectivity index (χ0) is 13.8. The van der Waals surface area contributed by atoms with Crippen LogP contribution in [0.3, 0.4) is 0 Å². The van der Waals surface area contributed by atoms with Crippen molar-refractivity contribution in [2.75, 3.05) is 13.2 Å². The van der Waals surface area contributed by atoms with Gasteiger partial charge in [-0.2, -0.15) is 0 Å². The normalized spacial score (nSPS) is 22.2. The number of esters is 3. The zero-order valence-corrected chi connectivity index (χ0v) is 10.1. The van der Waals surface area contributed by atoms with Crippen LogP contribution in [0.25, 0.3) is 0 Å². The highest BCUT2D eigenvalue weighted by molar-refractivity contribution is 5.86. The average Bonchev–Trinajstić information content (AvgIpc) is 2.50. The first-order valence-electron chi connectivity index (χ1n) is 5.26. The SMILES string of the molecule is CC(=O)OCCC1(O)OC(=O)C=C1COC(C)=O. The number of carbonyl (C=O) groups excluding carboxylic acids is 3. The molecule has 1 unspecified atom stereocenters. The maximum Gasteiger partial charge on any atom is 0.333 e. The topological polar surface area (TPSA) is 99.1 Å². The zero-order valence-electron chi connectivity index (χ0n) is 10.1. The fraction of sp³-hybridized carbons (Fsp3) is 0.545. The molecule has 0 aromatic rings. The van der Waals surface area contributed by atoms with Crippen LogP contribution in [0, 0.1) is 0 Å². The van der Waals surface area contributed by atoms with Gasteiger partial charge in [0.25, 0.3) is 0 Å². The number of cyclic esters (lactones) is 1. The van der Waals surface area contributed by atoms with Crippen molar-refractivity contribution in [1.82, 2.24) is 0 Å². The third-order valence-electron chi connectivity index (χ3n) is 2.24. The van der Waals surface area contributed by atoms with Gasteiger partial charge in [-0.25, -0.2) is 4.79 Å². The van der Waals surface area contributed by atoms with Gasteiger partial charge in [0.05, 0.1) is 13.0 Å². The highest BCUT2D eigenvalue weighted by Gasteiger charge is 2.41. The van der Waals surface area contributed by atoms with Gasteiger partial charge in [0, 0.05) is 25.5 Å². The summed E-state index contributed by atoms with van der Waals surface area (Å²) in [5, 5.41) is 10.1. The van der Waals surface area contributed by atoms with E-state index in [0.29, 0.717) is 0 Å². The Balaban J connectivity index is 2.61. The Hall–Kier alpha value is -1.89. The lowest BCUT2D eigenvalue weighted by Gasteiger charge is -2.24. The van der Waals surface area contributed by atoms with Gasteiger partial charge in [-0.1, -0.05) is 0 Å². The summed E-state index contributed by atoms with van der Waals surface area (Å²) in [6, 6.07) is 0. The minimum absolute atomic E-state index is 0.115. The summed E-state index contributed by atoms with van der Waals surface area (Å²) in [7, 11) is 0. The average molecular weight is 258 g/mol. The fourth-order valence-corrected chi connectivity index (χ4v) is 1.39. The monoisotopic (exact) mass is 258 g/mol. The van der Waals surface area contributed by atoms with Crippen molar-refractivity contribution >= 4 is 17.9 Å². The summed E-state index contributed by atoms with van der Waals surface area (Å²) in [6.45, 7) is 2.06. The molecule has 0 amide bonds. The lowest BCUT2D eigenvalue weighted by molar-refractivity contribution is -0.188. The van der Waals surface area contributed by atoms with Crippen LogP contribution in [0.2, 0.25) is 0 Å². The van der Waals surface area contributed by atoms with Gasteiger partial charge in [0.15, 0.2) is 0 Å². The minimum atomic E-state index is -1.89. The molecule has 0 spiro atoms. The molecule has 0 aliphatic carbocycles. The molecular weight excluding hydrogens is 244 g/mol. The Morgan fingerprint density at radius 2 is 1.94 bits per heavy atom. The van der Waals surface area contributed by atoms with E-state index in [1.54, 1.807) is 0 Å². The molecule has 0 bridgehead atoms. The summed E-state index contributed by atoms with van der Waals surface area (Å²) in [6.07, 6.45) is 0.933. The molecule has 1 aliphatic heterocycles. The predicted octanol–water partition coefficient (Wildman–Crippen LogP) is -0.326. The first kappa shape index (κ1) is 14.2. The largest absolute Gasteiger partial charge is 0.466 e. The van der Waals surface area contributed by atoms with Gasteiger partial charge in [-0.05, 0) is 0 Å². The molecule has 1 aliphatic rings. The predicted molar refractivity (Wildman–Crippen MR) is 57.0 cm³/mol. The second kappa shape index (κ2) is 5.63. The van der Waals surface area contributed by atoms with Gasteiger partial charge in [-0.15, -0.1) is 0 Å². The van der Waals surface area contributed by atoms with E-state index in [1.165, 1.54) is 13.8 Å². The molecule has 7 nitrogen and oxygen atoms in total. The van der Waals surface area contributed by atoms with E-state index >= 15 is 0 Å². The van der Waals surface area contributed by atoms with Crippen molar-refractivity contribution in [3.8, 4) is 0 Å². The van der Waals surface area contributed by atoms with Gasteiger partial charge >= 0.3 is 17.9 Å². The molecule has 0 saturated carbocycles. The number of aliphatic hydroxyl groups is 1. The molecule has 100 valence electrons. The first-order chi connectivity index (χ1) is 8.33. The van der Waals surface area contributed by atoms with Gasteiger partial charge in [0.1, 0.15) is 6.61 Å².